The molecule has 2 aromatic heterocycles. The molecule has 0 unspecified atom stereocenters. The van der Waals surface area contributed by atoms with Gasteiger partial charge in [0.2, 0.25) is 0 Å². The summed E-state index contributed by atoms with van der Waals surface area (Å²) in [5.74, 6) is 0.402. The fraction of sp³-hybridized carbons (Fsp3) is 0.533. The third kappa shape index (κ3) is 2.85. The van der Waals surface area contributed by atoms with E-state index < -0.39 is 0 Å². The second-order valence-corrected chi connectivity index (χ2v) is 6.73. The first-order valence-electron chi connectivity index (χ1n) is 7.52. The standard InChI is InChI=1S/C15H21N5OS/c1-11(2)13-14(22-10-16-13)15(21)20-6-4-19(5-7-20)12-8-17-18(3)9-12/h8-11H,4-7H2,1-3H3. The molecule has 7 heteroatoms. The summed E-state index contributed by atoms with van der Waals surface area (Å²) in [7, 11) is 1.92. The summed E-state index contributed by atoms with van der Waals surface area (Å²) in [6, 6.07) is 0. The molecule has 1 aliphatic heterocycles. The van der Waals surface area contributed by atoms with Crippen molar-refractivity contribution >= 4 is 22.9 Å². The molecule has 3 heterocycles. The zero-order valence-corrected chi connectivity index (χ0v) is 14.0. The molecule has 1 amide bonds. The smallest absolute Gasteiger partial charge is 0.265 e. The van der Waals surface area contributed by atoms with Crippen molar-refractivity contribution in [2.45, 2.75) is 19.8 Å². The van der Waals surface area contributed by atoms with Crippen LogP contribution in [0.25, 0.3) is 0 Å². The average Bonchev–Trinajstić information content (AvgIpc) is 3.15. The van der Waals surface area contributed by atoms with Gasteiger partial charge in [-0.1, -0.05) is 13.8 Å². The number of carbonyl (C=O) groups is 1. The molecule has 1 saturated heterocycles. The molecule has 2 aromatic rings. The van der Waals surface area contributed by atoms with Crippen LogP contribution in [0.1, 0.15) is 35.1 Å². The maximum atomic E-state index is 12.7. The van der Waals surface area contributed by atoms with Crippen LogP contribution in [0, 0.1) is 0 Å². The molecule has 0 spiro atoms. The Balaban J connectivity index is 1.66. The van der Waals surface area contributed by atoms with Gasteiger partial charge >= 0.3 is 0 Å². The normalized spacial score (nSPS) is 15.6. The zero-order chi connectivity index (χ0) is 15.7. The van der Waals surface area contributed by atoms with Crippen molar-refractivity contribution in [1.82, 2.24) is 19.7 Å². The van der Waals surface area contributed by atoms with Gasteiger partial charge < -0.3 is 9.80 Å². The zero-order valence-electron chi connectivity index (χ0n) is 13.2. The topological polar surface area (TPSA) is 54.3 Å². The maximum Gasteiger partial charge on any atom is 0.265 e. The van der Waals surface area contributed by atoms with Crippen LogP contribution in [0.5, 0.6) is 0 Å². The summed E-state index contributed by atoms with van der Waals surface area (Å²) in [4.78, 5) is 22.0. The van der Waals surface area contributed by atoms with E-state index in [0.29, 0.717) is 0 Å². The van der Waals surface area contributed by atoms with Gasteiger partial charge in [-0.15, -0.1) is 11.3 Å². The molecule has 6 nitrogen and oxygen atoms in total. The maximum absolute atomic E-state index is 12.7. The molecule has 3 rings (SSSR count). The number of piperazine rings is 1. The monoisotopic (exact) mass is 319 g/mol. The minimum absolute atomic E-state index is 0.122. The fourth-order valence-electron chi connectivity index (χ4n) is 2.71. The molecular formula is C15H21N5OS. The second kappa shape index (κ2) is 6.08. The third-order valence-electron chi connectivity index (χ3n) is 3.96. The van der Waals surface area contributed by atoms with Gasteiger partial charge in [0.25, 0.3) is 5.91 Å². The Morgan fingerprint density at radius 3 is 2.59 bits per heavy atom. The highest BCUT2D eigenvalue weighted by atomic mass is 32.1. The Kier molecular flexibility index (Phi) is 4.15. The molecule has 0 aromatic carbocycles. The van der Waals surface area contributed by atoms with E-state index in [1.165, 1.54) is 11.3 Å². The highest BCUT2D eigenvalue weighted by Crippen LogP contribution is 2.24. The number of rotatable bonds is 3. The predicted molar refractivity (Wildman–Crippen MR) is 87.5 cm³/mol. The van der Waals surface area contributed by atoms with Crippen molar-refractivity contribution in [1.29, 1.82) is 0 Å². The Morgan fingerprint density at radius 1 is 1.27 bits per heavy atom. The van der Waals surface area contributed by atoms with Crippen LogP contribution >= 0.6 is 11.3 Å². The molecule has 0 bridgehead atoms. The van der Waals surface area contributed by atoms with Crippen molar-refractivity contribution in [3.8, 4) is 0 Å². The quantitative estimate of drug-likeness (QED) is 0.868. The first-order valence-corrected chi connectivity index (χ1v) is 8.40. The number of nitrogens with zero attached hydrogens (tertiary/aromatic N) is 5. The summed E-state index contributed by atoms with van der Waals surface area (Å²) in [6.45, 7) is 7.31. The van der Waals surface area contributed by atoms with Gasteiger partial charge in [0.15, 0.2) is 0 Å². The highest BCUT2D eigenvalue weighted by Gasteiger charge is 2.26. The van der Waals surface area contributed by atoms with E-state index in [0.717, 1.165) is 42.4 Å². The molecular weight excluding hydrogens is 298 g/mol. The van der Waals surface area contributed by atoms with Gasteiger partial charge in [-0.2, -0.15) is 5.10 Å². The van der Waals surface area contributed by atoms with Gasteiger partial charge in [-0.05, 0) is 5.92 Å². The lowest BCUT2D eigenvalue weighted by Gasteiger charge is -2.35. The third-order valence-corrected chi connectivity index (χ3v) is 4.79. The van der Waals surface area contributed by atoms with Crippen molar-refractivity contribution in [2.75, 3.05) is 31.1 Å². The Labute approximate surface area is 134 Å². The number of hydrogen-bond donors (Lipinski definition) is 0. The summed E-state index contributed by atoms with van der Waals surface area (Å²) in [5, 5.41) is 4.21. The Morgan fingerprint density at radius 2 is 2.00 bits per heavy atom. The van der Waals surface area contributed by atoms with Crippen LogP contribution in [0.2, 0.25) is 0 Å². The highest BCUT2D eigenvalue weighted by molar-refractivity contribution is 7.11. The lowest BCUT2D eigenvalue weighted by Crippen LogP contribution is -2.48. The van der Waals surface area contributed by atoms with Crippen molar-refractivity contribution in [2.24, 2.45) is 7.05 Å². The summed E-state index contributed by atoms with van der Waals surface area (Å²) < 4.78 is 1.80. The number of anilines is 1. The Bertz CT molecular complexity index is 654. The molecule has 1 aliphatic rings. The summed E-state index contributed by atoms with van der Waals surface area (Å²) >= 11 is 1.45. The molecule has 118 valence electrons. The molecule has 0 N–H and O–H groups in total. The SMILES string of the molecule is CC(C)c1ncsc1C(=O)N1CCN(c2cnn(C)c2)CC1. The molecule has 0 aliphatic carbocycles. The van der Waals surface area contributed by atoms with Gasteiger partial charge in [0.1, 0.15) is 4.88 Å². The van der Waals surface area contributed by atoms with Crippen LogP contribution in [0.3, 0.4) is 0 Å². The van der Waals surface area contributed by atoms with Crippen molar-refractivity contribution < 1.29 is 4.79 Å². The van der Waals surface area contributed by atoms with E-state index in [4.69, 9.17) is 0 Å². The number of aromatic nitrogens is 3. The molecule has 1 fully saturated rings. The van der Waals surface area contributed by atoms with Crippen LogP contribution in [-0.4, -0.2) is 51.8 Å². The first-order chi connectivity index (χ1) is 10.6. The lowest BCUT2D eigenvalue weighted by molar-refractivity contribution is 0.0750. The Hall–Kier alpha value is -1.89. The molecule has 22 heavy (non-hydrogen) atoms. The minimum Gasteiger partial charge on any atom is -0.365 e. The lowest BCUT2D eigenvalue weighted by atomic mass is 10.1. The number of hydrogen-bond acceptors (Lipinski definition) is 5. The van der Waals surface area contributed by atoms with Crippen LogP contribution in [-0.2, 0) is 7.05 Å². The summed E-state index contributed by atoms with van der Waals surface area (Å²) in [6.07, 6.45) is 3.88. The van der Waals surface area contributed by atoms with Crippen LogP contribution in [0.15, 0.2) is 17.9 Å². The van der Waals surface area contributed by atoms with E-state index in [-0.39, 0.29) is 11.8 Å². The molecule has 0 radical (unpaired) electrons. The molecule has 0 saturated carbocycles. The van der Waals surface area contributed by atoms with Gasteiger partial charge in [0, 0.05) is 39.4 Å². The van der Waals surface area contributed by atoms with Gasteiger partial charge in [-0.25, -0.2) is 4.98 Å². The average molecular weight is 319 g/mol. The summed E-state index contributed by atoms with van der Waals surface area (Å²) in [5.41, 5.74) is 3.81. The fourth-order valence-corrected chi connectivity index (χ4v) is 3.62. The number of thiazole rings is 1. The number of aryl methyl sites for hydroxylation is 1. The second-order valence-electron chi connectivity index (χ2n) is 5.87. The van der Waals surface area contributed by atoms with Crippen LogP contribution in [0.4, 0.5) is 5.69 Å². The van der Waals surface area contributed by atoms with E-state index in [2.05, 4.69) is 28.8 Å². The van der Waals surface area contributed by atoms with Gasteiger partial charge in [-0.3, -0.25) is 9.48 Å². The van der Waals surface area contributed by atoms with E-state index in [9.17, 15) is 4.79 Å². The number of amides is 1. The predicted octanol–water partition coefficient (Wildman–Crippen LogP) is 1.96. The number of carbonyl (C=O) groups excluding carboxylic acids is 1. The van der Waals surface area contributed by atoms with Gasteiger partial charge in [0.05, 0.1) is 23.1 Å². The first kappa shape index (κ1) is 15.0. The van der Waals surface area contributed by atoms with Crippen LogP contribution < -0.4 is 4.90 Å². The molecule has 0 atom stereocenters. The van der Waals surface area contributed by atoms with Crippen molar-refractivity contribution in [3.63, 3.8) is 0 Å². The van der Waals surface area contributed by atoms with E-state index in [1.807, 2.05) is 24.3 Å². The largest absolute Gasteiger partial charge is 0.365 e. The van der Waals surface area contributed by atoms with Crippen molar-refractivity contribution in [3.05, 3.63) is 28.5 Å². The minimum atomic E-state index is 0.122. The van der Waals surface area contributed by atoms with E-state index >= 15 is 0 Å². The van der Waals surface area contributed by atoms with E-state index in [1.54, 1.807) is 10.2 Å².